The molecule has 1 heterocycles. The molecule has 2 aromatic carbocycles. The SMILES string of the molecule is CCCCCCC1(CCCCCC)c2ccccc2-c2ccc(-c3ccc(OC)cn3)cc21. The number of ether oxygens (including phenoxy) is 1. The second-order valence-electron chi connectivity index (χ2n) is 9.59. The molecular weight excluding hydrogens is 402 g/mol. The molecule has 3 aromatic rings. The Morgan fingerprint density at radius 1 is 0.727 bits per heavy atom. The van der Waals surface area contributed by atoms with Crippen molar-refractivity contribution in [3.05, 3.63) is 71.9 Å². The zero-order valence-corrected chi connectivity index (χ0v) is 20.7. The maximum absolute atomic E-state index is 5.32. The van der Waals surface area contributed by atoms with Crippen molar-refractivity contribution in [1.82, 2.24) is 4.98 Å². The molecule has 0 N–H and O–H groups in total. The zero-order valence-electron chi connectivity index (χ0n) is 20.7. The lowest BCUT2D eigenvalue weighted by Gasteiger charge is -2.33. The number of rotatable bonds is 12. The Labute approximate surface area is 200 Å². The molecule has 0 amide bonds. The second-order valence-corrected chi connectivity index (χ2v) is 9.59. The Kier molecular flexibility index (Phi) is 7.85. The molecule has 0 spiro atoms. The van der Waals surface area contributed by atoms with Gasteiger partial charge in [0.15, 0.2) is 0 Å². The van der Waals surface area contributed by atoms with Gasteiger partial charge in [0.1, 0.15) is 5.75 Å². The minimum Gasteiger partial charge on any atom is -0.495 e. The number of nitrogens with zero attached hydrogens (tertiary/aromatic N) is 1. The van der Waals surface area contributed by atoms with E-state index in [4.69, 9.17) is 9.72 Å². The topological polar surface area (TPSA) is 22.1 Å². The van der Waals surface area contributed by atoms with Crippen LogP contribution in [-0.2, 0) is 5.41 Å². The van der Waals surface area contributed by atoms with E-state index in [1.165, 1.54) is 86.5 Å². The van der Waals surface area contributed by atoms with Gasteiger partial charge < -0.3 is 4.74 Å². The third kappa shape index (κ3) is 4.86. The van der Waals surface area contributed by atoms with E-state index in [1.807, 2.05) is 12.3 Å². The molecule has 174 valence electrons. The first-order valence-electron chi connectivity index (χ1n) is 13.0. The van der Waals surface area contributed by atoms with Crippen molar-refractivity contribution in [2.45, 2.75) is 83.5 Å². The summed E-state index contributed by atoms with van der Waals surface area (Å²) < 4.78 is 5.32. The average Bonchev–Trinajstić information content (AvgIpc) is 3.14. The van der Waals surface area contributed by atoms with Gasteiger partial charge in [-0.15, -0.1) is 0 Å². The maximum Gasteiger partial charge on any atom is 0.137 e. The predicted octanol–water partition coefficient (Wildman–Crippen LogP) is 8.96. The van der Waals surface area contributed by atoms with Gasteiger partial charge in [0.2, 0.25) is 0 Å². The molecular formula is C31H39NO. The zero-order chi connectivity index (χ0) is 23.1. The third-order valence-corrected chi connectivity index (χ3v) is 7.45. The van der Waals surface area contributed by atoms with Crippen molar-refractivity contribution in [2.24, 2.45) is 0 Å². The molecule has 1 aliphatic rings. The fraction of sp³-hybridized carbons (Fsp3) is 0.452. The lowest BCUT2D eigenvalue weighted by Crippen LogP contribution is -2.25. The number of hydrogen-bond acceptors (Lipinski definition) is 2. The number of hydrogen-bond donors (Lipinski definition) is 0. The third-order valence-electron chi connectivity index (χ3n) is 7.45. The van der Waals surface area contributed by atoms with E-state index in [-0.39, 0.29) is 5.41 Å². The average molecular weight is 442 g/mol. The molecule has 0 fully saturated rings. The summed E-state index contributed by atoms with van der Waals surface area (Å²) in [6, 6.07) is 20.3. The second kappa shape index (κ2) is 11.0. The van der Waals surface area contributed by atoms with E-state index in [0.717, 1.165) is 11.4 Å². The van der Waals surface area contributed by atoms with Crippen molar-refractivity contribution in [3.8, 4) is 28.1 Å². The Balaban J connectivity index is 1.76. The van der Waals surface area contributed by atoms with Crippen LogP contribution in [0.15, 0.2) is 60.8 Å². The Hall–Kier alpha value is -2.61. The summed E-state index contributed by atoms with van der Waals surface area (Å²) in [6.07, 6.45) is 14.8. The maximum atomic E-state index is 5.32. The number of unbranched alkanes of at least 4 members (excludes halogenated alkanes) is 6. The van der Waals surface area contributed by atoms with Crippen LogP contribution in [0.5, 0.6) is 5.75 Å². The van der Waals surface area contributed by atoms with Crippen molar-refractivity contribution in [3.63, 3.8) is 0 Å². The van der Waals surface area contributed by atoms with E-state index in [1.54, 1.807) is 12.7 Å². The molecule has 0 aliphatic heterocycles. The summed E-state index contributed by atoms with van der Waals surface area (Å²) in [5.74, 6) is 0.800. The van der Waals surface area contributed by atoms with Crippen LogP contribution in [0.4, 0.5) is 0 Å². The fourth-order valence-electron chi connectivity index (χ4n) is 5.66. The molecule has 0 atom stereocenters. The van der Waals surface area contributed by atoms with E-state index in [0.29, 0.717) is 0 Å². The van der Waals surface area contributed by atoms with E-state index in [2.05, 4.69) is 62.4 Å². The Bertz CT molecular complexity index is 1030. The molecule has 0 bridgehead atoms. The highest BCUT2D eigenvalue weighted by molar-refractivity contribution is 5.83. The van der Waals surface area contributed by atoms with Crippen molar-refractivity contribution in [1.29, 1.82) is 0 Å². The number of aromatic nitrogens is 1. The highest BCUT2D eigenvalue weighted by atomic mass is 16.5. The van der Waals surface area contributed by atoms with Crippen molar-refractivity contribution < 1.29 is 4.74 Å². The van der Waals surface area contributed by atoms with E-state index < -0.39 is 0 Å². The molecule has 0 saturated carbocycles. The first kappa shape index (κ1) is 23.5. The van der Waals surface area contributed by atoms with Gasteiger partial charge >= 0.3 is 0 Å². The molecule has 2 heteroatoms. The van der Waals surface area contributed by atoms with Gasteiger partial charge in [0.05, 0.1) is 19.0 Å². The number of fused-ring (bicyclic) bond motifs is 3. The summed E-state index contributed by atoms with van der Waals surface area (Å²) in [4.78, 5) is 4.69. The van der Waals surface area contributed by atoms with Crippen LogP contribution in [0.3, 0.4) is 0 Å². The molecule has 1 aromatic heterocycles. The first-order valence-corrected chi connectivity index (χ1v) is 13.0. The summed E-state index contributed by atoms with van der Waals surface area (Å²) in [7, 11) is 1.69. The van der Waals surface area contributed by atoms with Gasteiger partial charge in [-0.05, 0) is 53.3 Å². The molecule has 1 aliphatic carbocycles. The van der Waals surface area contributed by atoms with Crippen LogP contribution in [0, 0.1) is 0 Å². The minimum atomic E-state index is 0.121. The van der Waals surface area contributed by atoms with Crippen LogP contribution >= 0.6 is 0 Å². The number of benzene rings is 2. The number of methoxy groups -OCH3 is 1. The van der Waals surface area contributed by atoms with Crippen molar-refractivity contribution in [2.75, 3.05) is 7.11 Å². The van der Waals surface area contributed by atoms with Gasteiger partial charge in [0, 0.05) is 11.0 Å². The van der Waals surface area contributed by atoms with Crippen LogP contribution in [0.25, 0.3) is 22.4 Å². The predicted molar refractivity (Wildman–Crippen MR) is 140 cm³/mol. The standard InChI is InChI=1S/C31H39NO/c1-4-6-8-12-20-31(21-13-9-7-5-2)28-15-11-10-14-26(28)27-18-16-24(22-29(27)31)30-19-17-25(33-3)23-32-30/h10-11,14-19,22-23H,4-9,12-13,20-21H2,1-3H3. The largest absolute Gasteiger partial charge is 0.495 e. The monoisotopic (exact) mass is 441 g/mol. The van der Waals surface area contributed by atoms with Gasteiger partial charge in [0.25, 0.3) is 0 Å². The summed E-state index contributed by atoms with van der Waals surface area (Å²) in [6.45, 7) is 4.60. The minimum absolute atomic E-state index is 0.121. The molecule has 0 saturated heterocycles. The normalized spacial score (nSPS) is 13.5. The van der Waals surface area contributed by atoms with Crippen LogP contribution in [0.1, 0.15) is 89.2 Å². The quantitative estimate of drug-likeness (QED) is 0.262. The van der Waals surface area contributed by atoms with Gasteiger partial charge in [-0.25, -0.2) is 0 Å². The van der Waals surface area contributed by atoms with Crippen LogP contribution in [0.2, 0.25) is 0 Å². The molecule has 0 radical (unpaired) electrons. The highest BCUT2D eigenvalue weighted by Gasteiger charge is 2.42. The summed E-state index contributed by atoms with van der Waals surface area (Å²) >= 11 is 0. The van der Waals surface area contributed by atoms with Gasteiger partial charge in [-0.3, -0.25) is 4.98 Å². The lowest BCUT2D eigenvalue weighted by atomic mass is 9.70. The highest BCUT2D eigenvalue weighted by Crippen LogP contribution is 2.54. The summed E-state index contributed by atoms with van der Waals surface area (Å²) in [5, 5.41) is 0. The van der Waals surface area contributed by atoms with E-state index >= 15 is 0 Å². The Morgan fingerprint density at radius 3 is 2.06 bits per heavy atom. The van der Waals surface area contributed by atoms with Crippen molar-refractivity contribution >= 4 is 0 Å². The van der Waals surface area contributed by atoms with Gasteiger partial charge in [-0.1, -0.05) is 102 Å². The smallest absolute Gasteiger partial charge is 0.137 e. The molecule has 33 heavy (non-hydrogen) atoms. The Morgan fingerprint density at radius 2 is 1.42 bits per heavy atom. The lowest BCUT2D eigenvalue weighted by molar-refractivity contribution is 0.401. The van der Waals surface area contributed by atoms with Gasteiger partial charge in [-0.2, -0.15) is 0 Å². The first-order chi connectivity index (χ1) is 16.2. The molecule has 2 nitrogen and oxygen atoms in total. The van der Waals surface area contributed by atoms with Crippen LogP contribution in [-0.4, -0.2) is 12.1 Å². The molecule has 4 rings (SSSR count). The van der Waals surface area contributed by atoms with Crippen LogP contribution < -0.4 is 4.74 Å². The summed E-state index contributed by atoms with van der Waals surface area (Å²) in [5.41, 5.74) is 8.27. The molecule has 0 unspecified atom stereocenters. The number of pyridine rings is 1. The van der Waals surface area contributed by atoms with E-state index in [9.17, 15) is 0 Å². The fourth-order valence-corrected chi connectivity index (χ4v) is 5.66.